The number of aliphatic hydroxyl groups excluding tert-OH is 3. The number of carbonyl (C=O) groups excluding carboxylic acids is 1. The first-order valence-electron chi connectivity index (χ1n) is 7.19. The fraction of sp³-hybridized carbons (Fsp3) is 0.538. The van der Waals surface area contributed by atoms with Crippen molar-refractivity contribution in [3.8, 4) is 0 Å². The summed E-state index contributed by atoms with van der Waals surface area (Å²) in [5, 5.41) is 29.4. The molecule has 2 aromatic heterocycles. The largest absolute Gasteiger partial charge is 0.461 e. The average molecular weight is 339 g/mol. The van der Waals surface area contributed by atoms with E-state index in [0.29, 0.717) is 11.2 Å². The van der Waals surface area contributed by atoms with Crippen LogP contribution in [0.2, 0.25) is 0 Å². The number of carbonyl (C=O) groups is 1. The molecule has 1 aliphatic heterocycles. The van der Waals surface area contributed by atoms with Gasteiger partial charge in [-0.25, -0.2) is 19.7 Å². The van der Waals surface area contributed by atoms with E-state index in [1.165, 1.54) is 24.1 Å². The van der Waals surface area contributed by atoms with Crippen LogP contribution in [-0.2, 0) is 14.3 Å². The van der Waals surface area contributed by atoms with E-state index in [4.69, 9.17) is 20.3 Å². The van der Waals surface area contributed by atoms with Gasteiger partial charge in [-0.1, -0.05) is 0 Å². The average Bonchev–Trinajstić information content (AvgIpc) is 3.09. The van der Waals surface area contributed by atoms with Crippen molar-refractivity contribution in [3.05, 3.63) is 12.7 Å². The number of hydrogen-bond donors (Lipinski definition) is 4. The number of aliphatic hydroxyl groups is 3. The highest BCUT2D eigenvalue weighted by Crippen LogP contribution is 2.32. The van der Waals surface area contributed by atoms with Crippen molar-refractivity contribution in [1.82, 2.24) is 19.5 Å². The number of hydrogen-bond acceptors (Lipinski definition) is 10. The number of fused-ring (bicyclic) bond motifs is 1. The Morgan fingerprint density at radius 1 is 1.42 bits per heavy atom. The molecule has 1 fully saturated rings. The zero-order valence-corrected chi connectivity index (χ0v) is 12.7. The molecule has 0 radical (unpaired) electrons. The Bertz CT molecular complexity index is 750. The monoisotopic (exact) mass is 339 g/mol. The van der Waals surface area contributed by atoms with Crippen LogP contribution >= 0.6 is 0 Å². The number of imidazole rings is 1. The Hall–Kier alpha value is -2.34. The summed E-state index contributed by atoms with van der Waals surface area (Å²) in [7, 11) is 0. The molecule has 0 spiro atoms. The Kier molecular flexibility index (Phi) is 4.32. The van der Waals surface area contributed by atoms with Gasteiger partial charge < -0.3 is 30.5 Å². The Balaban J connectivity index is 1.79. The zero-order chi connectivity index (χ0) is 17.4. The minimum Gasteiger partial charge on any atom is -0.461 e. The highest BCUT2D eigenvalue weighted by atomic mass is 16.6. The maximum atomic E-state index is 11.3. The van der Waals surface area contributed by atoms with E-state index in [2.05, 4.69) is 15.0 Å². The van der Waals surface area contributed by atoms with E-state index >= 15 is 0 Å². The van der Waals surface area contributed by atoms with Crippen LogP contribution in [0.25, 0.3) is 11.2 Å². The number of nitrogens with zero attached hydrogens (tertiary/aromatic N) is 4. The minimum absolute atomic E-state index is 0.175. The van der Waals surface area contributed by atoms with E-state index in [-0.39, 0.29) is 12.4 Å². The number of esters is 1. The molecule has 0 saturated carbocycles. The van der Waals surface area contributed by atoms with E-state index < -0.39 is 36.6 Å². The van der Waals surface area contributed by atoms with Crippen LogP contribution in [-0.4, -0.2) is 71.8 Å². The molecule has 130 valence electrons. The van der Waals surface area contributed by atoms with Gasteiger partial charge in [0.05, 0.1) is 6.33 Å². The second kappa shape index (κ2) is 6.28. The van der Waals surface area contributed by atoms with E-state index in [0.717, 1.165) is 0 Å². The summed E-state index contributed by atoms with van der Waals surface area (Å²) >= 11 is 0. The molecule has 11 nitrogen and oxygen atoms in total. The first-order valence-corrected chi connectivity index (χ1v) is 7.19. The topological polar surface area (TPSA) is 166 Å². The van der Waals surface area contributed by atoms with Gasteiger partial charge in [0, 0.05) is 0 Å². The lowest BCUT2D eigenvalue weighted by Crippen LogP contribution is -2.35. The summed E-state index contributed by atoms with van der Waals surface area (Å²) in [5.74, 6) is -0.675. The molecule has 11 heteroatoms. The van der Waals surface area contributed by atoms with E-state index in [1.54, 1.807) is 0 Å². The normalized spacial score (nSPS) is 28.2. The van der Waals surface area contributed by atoms with Gasteiger partial charge in [-0.05, 0) is 6.92 Å². The quantitative estimate of drug-likeness (QED) is 0.455. The molecule has 0 aliphatic carbocycles. The van der Waals surface area contributed by atoms with Crippen LogP contribution in [0.15, 0.2) is 12.7 Å². The fourth-order valence-electron chi connectivity index (χ4n) is 2.44. The molecule has 3 rings (SSSR count). The second-order valence-corrected chi connectivity index (χ2v) is 5.44. The summed E-state index contributed by atoms with van der Waals surface area (Å²) in [6, 6.07) is 0. The van der Waals surface area contributed by atoms with E-state index in [1.807, 2.05) is 0 Å². The third-order valence-electron chi connectivity index (χ3n) is 3.73. The number of nitrogen functional groups attached to an aromatic ring is 1. The molecule has 0 bridgehead atoms. The summed E-state index contributed by atoms with van der Waals surface area (Å²) in [6.07, 6.45) is -3.24. The highest BCUT2D eigenvalue weighted by molar-refractivity contribution is 5.81. The van der Waals surface area contributed by atoms with Gasteiger partial charge >= 0.3 is 5.97 Å². The van der Waals surface area contributed by atoms with Crippen molar-refractivity contribution in [2.24, 2.45) is 0 Å². The van der Waals surface area contributed by atoms with Crippen LogP contribution in [0.4, 0.5) is 5.82 Å². The van der Waals surface area contributed by atoms with Crippen molar-refractivity contribution in [1.29, 1.82) is 0 Å². The van der Waals surface area contributed by atoms with Gasteiger partial charge in [-0.15, -0.1) is 0 Å². The third-order valence-corrected chi connectivity index (χ3v) is 3.73. The highest BCUT2D eigenvalue weighted by Gasteiger charge is 2.45. The first kappa shape index (κ1) is 16.5. The lowest BCUT2D eigenvalue weighted by molar-refractivity contribution is -0.158. The number of anilines is 1. The molecule has 0 aromatic carbocycles. The lowest BCUT2D eigenvalue weighted by Gasteiger charge is -2.16. The SMILES string of the molecule is CC(O)C(=O)OC[C@H]1O[C@@H](n2cnc3c(N)ncnc32)[C@H](O)[C@@H]1O. The molecule has 3 heterocycles. The maximum Gasteiger partial charge on any atom is 0.334 e. The van der Waals surface area contributed by atoms with Crippen molar-refractivity contribution >= 4 is 23.0 Å². The van der Waals surface area contributed by atoms with Crippen LogP contribution in [0.1, 0.15) is 13.2 Å². The smallest absolute Gasteiger partial charge is 0.334 e. The zero-order valence-electron chi connectivity index (χ0n) is 12.7. The van der Waals surface area contributed by atoms with Gasteiger partial charge in [0.15, 0.2) is 17.7 Å². The van der Waals surface area contributed by atoms with Gasteiger partial charge in [-0.2, -0.15) is 0 Å². The standard InChI is InChI=1S/C13H17N5O6/c1-5(19)13(22)23-2-6-8(20)9(21)12(24-6)18-4-17-7-10(14)15-3-16-11(7)18/h3-6,8-9,12,19-21H,2H2,1H3,(H2,14,15,16)/t5?,6-,8-,9-,12-/m1/s1. The minimum atomic E-state index is -1.30. The molecule has 5 N–H and O–H groups in total. The number of rotatable bonds is 4. The van der Waals surface area contributed by atoms with Crippen molar-refractivity contribution < 1.29 is 29.6 Å². The molecule has 24 heavy (non-hydrogen) atoms. The van der Waals surface area contributed by atoms with Crippen molar-refractivity contribution in [3.63, 3.8) is 0 Å². The van der Waals surface area contributed by atoms with Crippen molar-refractivity contribution in [2.45, 2.75) is 37.6 Å². The number of ether oxygens (including phenoxy) is 2. The van der Waals surface area contributed by atoms with Gasteiger partial charge in [0.25, 0.3) is 0 Å². The Morgan fingerprint density at radius 2 is 2.17 bits per heavy atom. The summed E-state index contributed by atoms with van der Waals surface area (Å²) in [6.45, 7) is 0.940. The summed E-state index contributed by atoms with van der Waals surface area (Å²) in [5.41, 5.74) is 6.38. The summed E-state index contributed by atoms with van der Waals surface area (Å²) < 4.78 is 11.8. The van der Waals surface area contributed by atoms with Crippen LogP contribution in [0.3, 0.4) is 0 Å². The molecule has 2 aromatic rings. The Labute approximate surface area is 135 Å². The molecule has 1 unspecified atom stereocenters. The lowest BCUT2D eigenvalue weighted by atomic mass is 10.1. The molecular formula is C13H17N5O6. The van der Waals surface area contributed by atoms with Gasteiger partial charge in [-0.3, -0.25) is 4.57 Å². The van der Waals surface area contributed by atoms with Gasteiger partial charge in [0.2, 0.25) is 0 Å². The third kappa shape index (κ3) is 2.78. The molecule has 0 amide bonds. The van der Waals surface area contributed by atoms with Crippen molar-refractivity contribution in [2.75, 3.05) is 12.3 Å². The fourth-order valence-corrected chi connectivity index (χ4v) is 2.44. The number of nitrogens with two attached hydrogens (primary N) is 1. The molecular weight excluding hydrogens is 322 g/mol. The van der Waals surface area contributed by atoms with Gasteiger partial charge in [0.1, 0.15) is 42.9 Å². The molecule has 1 aliphatic rings. The first-order chi connectivity index (χ1) is 11.4. The second-order valence-electron chi connectivity index (χ2n) is 5.44. The van der Waals surface area contributed by atoms with E-state index in [9.17, 15) is 15.0 Å². The van der Waals surface area contributed by atoms with Crippen LogP contribution < -0.4 is 5.73 Å². The maximum absolute atomic E-state index is 11.3. The predicted molar refractivity (Wildman–Crippen MR) is 78.3 cm³/mol. The number of aromatic nitrogens is 4. The van der Waals surface area contributed by atoms with Crippen LogP contribution in [0, 0.1) is 0 Å². The summed E-state index contributed by atoms with van der Waals surface area (Å²) in [4.78, 5) is 23.2. The predicted octanol–water partition coefficient (Wildman–Crippen LogP) is -2.05. The Morgan fingerprint density at radius 3 is 2.88 bits per heavy atom. The molecule has 1 saturated heterocycles. The molecule has 5 atom stereocenters. The van der Waals surface area contributed by atoms with Crippen LogP contribution in [0.5, 0.6) is 0 Å².